The van der Waals surface area contributed by atoms with Crippen LogP contribution in [0.3, 0.4) is 0 Å². The third kappa shape index (κ3) is 3.80. The number of carbonyl (C=O) groups is 1. The van der Waals surface area contributed by atoms with E-state index in [-0.39, 0.29) is 5.75 Å². The Morgan fingerprint density at radius 2 is 2.05 bits per heavy atom. The zero-order valence-corrected chi connectivity index (χ0v) is 11.5. The lowest BCUT2D eigenvalue weighted by molar-refractivity contribution is -0.137. The van der Waals surface area contributed by atoms with Crippen molar-refractivity contribution in [2.75, 3.05) is 0 Å². The summed E-state index contributed by atoms with van der Waals surface area (Å²) in [7, 11) is -3.81. The van der Waals surface area contributed by atoms with E-state index in [2.05, 4.69) is 0 Å². The van der Waals surface area contributed by atoms with E-state index in [4.69, 9.17) is 10.4 Å². The van der Waals surface area contributed by atoms with Gasteiger partial charge in [-0.05, 0) is 23.6 Å². The molecule has 0 aliphatic carbocycles. The first-order valence-corrected chi connectivity index (χ1v) is 7.43. The zero-order chi connectivity index (χ0) is 14.6. The molecule has 1 aromatic carbocycles. The van der Waals surface area contributed by atoms with Crippen molar-refractivity contribution in [3.8, 4) is 6.07 Å². The van der Waals surface area contributed by atoms with Crippen LogP contribution in [0.1, 0.15) is 25.0 Å². The summed E-state index contributed by atoms with van der Waals surface area (Å²) in [6.07, 6.45) is 0. The lowest BCUT2D eigenvalue weighted by Gasteiger charge is -2.16. The second kappa shape index (κ2) is 5.85. The van der Waals surface area contributed by atoms with Crippen molar-refractivity contribution in [1.29, 1.82) is 5.26 Å². The Balaban J connectivity index is 3.08. The number of carboxylic acids is 1. The van der Waals surface area contributed by atoms with Gasteiger partial charge in [-0.3, -0.25) is 4.79 Å². The van der Waals surface area contributed by atoms with Gasteiger partial charge in [0, 0.05) is 0 Å². The summed E-state index contributed by atoms with van der Waals surface area (Å²) in [6.45, 7) is 3.12. The number of benzene rings is 1. The van der Waals surface area contributed by atoms with Crippen LogP contribution in [0.15, 0.2) is 24.3 Å². The molecule has 0 heterocycles. The van der Waals surface area contributed by atoms with E-state index in [0.29, 0.717) is 11.1 Å². The molecule has 19 heavy (non-hydrogen) atoms. The standard InChI is InChI=1S/C13H15NO4S/c1-9(2)12(13(15)16)19(17,18)8-11-5-3-4-10(6-11)7-14/h3-6,9,12H,8H2,1-2H3,(H,15,16). The highest BCUT2D eigenvalue weighted by Crippen LogP contribution is 2.18. The fourth-order valence-electron chi connectivity index (χ4n) is 1.91. The average molecular weight is 281 g/mol. The fourth-order valence-corrected chi connectivity index (χ4v) is 3.87. The summed E-state index contributed by atoms with van der Waals surface area (Å²) in [5.41, 5.74) is 0.773. The van der Waals surface area contributed by atoms with Crippen molar-refractivity contribution in [1.82, 2.24) is 0 Å². The highest BCUT2D eigenvalue weighted by atomic mass is 32.2. The van der Waals surface area contributed by atoms with Gasteiger partial charge in [0.25, 0.3) is 0 Å². The van der Waals surface area contributed by atoms with E-state index in [9.17, 15) is 13.2 Å². The highest BCUT2D eigenvalue weighted by molar-refractivity contribution is 7.92. The van der Waals surface area contributed by atoms with Crippen molar-refractivity contribution < 1.29 is 18.3 Å². The van der Waals surface area contributed by atoms with Crippen LogP contribution in [0, 0.1) is 17.2 Å². The maximum atomic E-state index is 12.1. The van der Waals surface area contributed by atoms with Crippen LogP contribution in [-0.4, -0.2) is 24.7 Å². The van der Waals surface area contributed by atoms with Crippen molar-refractivity contribution in [2.24, 2.45) is 5.92 Å². The van der Waals surface area contributed by atoms with Gasteiger partial charge in [-0.2, -0.15) is 5.26 Å². The number of aliphatic carboxylic acids is 1. The Kier molecular flexibility index (Phi) is 4.67. The minimum Gasteiger partial charge on any atom is -0.480 e. The van der Waals surface area contributed by atoms with E-state index in [1.807, 2.05) is 6.07 Å². The van der Waals surface area contributed by atoms with Crippen LogP contribution in [0.4, 0.5) is 0 Å². The lowest BCUT2D eigenvalue weighted by Crippen LogP contribution is -2.35. The summed E-state index contributed by atoms with van der Waals surface area (Å²) < 4.78 is 24.2. The van der Waals surface area contributed by atoms with Crippen LogP contribution >= 0.6 is 0 Å². The predicted octanol–water partition coefficient (Wildman–Crippen LogP) is 1.58. The van der Waals surface area contributed by atoms with E-state index in [0.717, 1.165) is 0 Å². The number of nitriles is 1. The Morgan fingerprint density at radius 3 is 2.53 bits per heavy atom. The van der Waals surface area contributed by atoms with Gasteiger partial charge < -0.3 is 5.11 Å². The molecule has 102 valence electrons. The fraction of sp³-hybridized carbons (Fsp3) is 0.385. The number of carboxylic acid groups (broad SMARTS) is 1. The minimum atomic E-state index is -3.81. The molecule has 0 aliphatic rings. The molecule has 1 unspecified atom stereocenters. The van der Waals surface area contributed by atoms with Gasteiger partial charge in [-0.15, -0.1) is 0 Å². The molecule has 0 bridgehead atoms. The van der Waals surface area contributed by atoms with Crippen LogP contribution in [0.25, 0.3) is 0 Å². The number of sulfone groups is 1. The molecular formula is C13H15NO4S. The maximum Gasteiger partial charge on any atom is 0.322 e. The molecule has 0 saturated heterocycles. The van der Waals surface area contributed by atoms with Crippen molar-refractivity contribution in [3.05, 3.63) is 35.4 Å². The number of rotatable bonds is 5. The first-order valence-electron chi connectivity index (χ1n) is 5.71. The SMILES string of the molecule is CC(C)C(C(=O)O)S(=O)(=O)Cc1cccc(C#N)c1. The Morgan fingerprint density at radius 1 is 1.42 bits per heavy atom. The van der Waals surface area contributed by atoms with Gasteiger partial charge in [0.05, 0.1) is 17.4 Å². The Bertz CT molecular complexity index is 614. The van der Waals surface area contributed by atoms with Crippen LogP contribution in [0.5, 0.6) is 0 Å². The first-order chi connectivity index (χ1) is 8.77. The van der Waals surface area contributed by atoms with Crippen LogP contribution in [0.2, 0.25) is 0 Å². The van der Waals surface area contributed by atoms with Gasteiger partial charge in [0.1, 0.15) is 0 Å². The molecule has 0 radical (unpaired) electrons. The summed E-state index contributed by atoms with van der Waals surface area (Å²) in [5.74, 6) is -2.23. The van der Waals surface area contributed by atoms with Crippen molar-refractivity contribution in [3.63, 3.8) is 0 Å². The molecule has 5 nitrogen and oxygen atoms in total. The Labute approximate surface area is 112 Å². The molecule has 0 fully saturated rings. The lowest BCUT2D eigenvalue weighted by atomic mass is 10.1. The molecule has 1 N–H and O–H groups in total. The molecule has 0 amide bonds. The van der Waals surface area contributed by atoms with Crippen molar-refractivity contribution in [2.45, 2.75) is 24.9 Å². The van der Waals surface area contributed by atoms with Crippen LogP contribution < -0.4 is 0 Å². The number of hydrogen-bond donors (Lipinski definition) is 1. The van der Waals surface area contributed by atoms with E-state index < -0.39 is 27.0 Å². The molecule has 0 spiro atoms. The third-order valence-corrected chi connectivity index (χ3v) is 4.92. The second-order valence-corrected chi connectivity index (χ2v) is 6.74. The predicted molar refractivity (Wildman–Crippen MR) is 70.0 cm³/mol. The average Bonchev–Trinajstić information content (AvgIpc) is 2.26. The Hall–Kier alpha value is -1.87. The van der Waals surface area contributed by atoms with Crippen molar-refractivity contribution >= 4 is 15.8 Å². The monoisotopic (exact) mass is 281 g/mol. The second-order valence-electron chi connectivity index (χ2n) is 4.62. The minimum absolute atomic E-state index is 0.351. The van der Waals surface area contributed by atoms with Gasteiger partial charge in [0.2, 0.25) is 0 Å². The quantitative estimate of drug-likeness (QED) is 0.884. The van der Waals surface area contributed by atoms with Crippen LogP contribution in [-0.2, 0) is 20.4 Å². The normalized spacial score (nSPS) is 12.9. The molecule has 1 rings (SSSR count). The van der Waals surface area contributed by atoms with E-state index in [1.54, 1.807) is 32.0 Å². The molecule has 0 aromatic heterocycles. The zero-order valence-electron chi connectivity index (χ0n) is 10.7. The summed E-state index contributed by atoms with van der Waals surface area (Å²) >= 11 is 0. The molecule has 0 aliphatic heterocycles. The number of hydrogen-bond acceptors (Lipinski definition) is 4. The van der Waals surface area contributed by atoms with Gasteiger partial charge in [-0.1, -0.05) is 26.0 Å². The molecule has 1 atom stereocenters. The van der Waals surface area contributed by atoms with Gasteiger partial charge in [0.15, 0.2) is 15.1 Å². The smallest absolute Gasteiger partial charge is 0.322 e. The highest BCUT2D eigenvalue weighted by Gasteiger charge is 2.35. The summed E-state index contributed by atoms with van der Waals surface area (Å²) in [6, 6.07) is 8.08. The topological polar surface area (TPSA) is 95.2 Å². The number of nitrogens with zero attached hydrogens (tertiary/aromatic N) is 1. The molecule has 6 heteroatoms. The van der Waals surface area contributed by atoms with E-state index >= 15 is 0 Å². The third-order valence-electron chi connectivity index (χ3n) is 2.66. The molecule has 1 aromatic rings. The molecule has 0 saturated carbocycles. The molecular weight excluding hydrogens is 266 g/mol. The maximum absolute atomic E-state index is 12.1. The largest absolute Gasteiger partial charge is 0.480 e. The first kappa shape index (κ1) is 15.2. The summed E-state index contributed by atoms with van der Waals surface area (Å²) in [4.78, 5) is 11.1. The summed E-state index contributed by atoms with van der Waals surface area (Å²) in [5, 5.41) is 16.3. The van der Waals surface area contributed by atoms with Gasteiger partial charge in [-0.25, -0.2) is 8.42 Å². The van der Waals surface area contributed by atoms with E-state index in [1.165, 1.54) is 6.07 Å². The van der Waals surface area contributed by atoms with Gasteiger partial charge >= 0.3 is 5.97 Å².